The number of benzene rings is 3. The number of halogens is 6. The van der Waals surface area contributed by atoms with E-state index in [-0.39, 0.29) is 35.4 Å². The van der Waals surface area contributed by atoms with Gasteiger partial charge in [0.25, 0.3) is 10.0 Å². The largest absolute Gasteiger partial charge is 0.486 e. The molecule has 6 nitrogen and oxygen atoms in total. The third-order valence-electron chi connectivity index (χ3n) is 6.33. The van der Waals surface area contributed by atoms with Gasteiger partial charge in [-0.2, -0.15) is 13.2 Å². The second kappa shape index (κ2) is 10.6. The standard InChI is InChI=1S/C26H21ClF5NO5S/c1-2-14(25(34)35)8-18-13-33(39(36,37)19-5-3-4-16(10-19)26(30,31)32)22-9-15(6-7-23(22)38-18)20-11-17(28)12-21(29)24(20)27/h3-7,9-12,14,18H,2,8,13H2,1H3,(H,34,35). The van der Waals surface area contributed by atoms with E-state index >= 15 is 0 Å². The molecule has 2 atom stereocenters. The van der Waals surface area contributed by atoms with Gasteiger partial charge in [0.2, 0.25) is 0 Å². The van der Waals surface area contributed by atoms with Crippen molar-refractivity contribution in [1.82, 2.24) is 0 Å². The monoisotopic (exact) mass is 589 g/mol. The van der Waals surface area contributed by atoms with Crippen molar-refractivity contribution in [3.05, 3.63) is 76.8 Å². The molecule has 0 saturated carbocycles. The number of carbonyl (C=O) groups is 1. The van der Waals surface area contributed by atoms with Crippen molar-refractivity contribution in [2.75, 3.05) is 10.8 Å². The Kier molecular flexibility index (Phi) is 7.82. The summed E-state index contributed by atoms with van der Waals surface area (Å²) in [7, 11) is -4.65. The third kappa shape index (κ3) is 5.81. The van der Waals surface area contributed by atoms with Gasteiger partial charge in [0.1, 0.15) is 23.5 Å². The Morgan fingerprint density at radius 3 is 2.51 bits per heavy atom. The van der Waals surface area contributed by atoms with E-state index in [1.54, 1.807) is 6.92 Å². The first-order chi connectivity index (χ1) is 18.2. The number of ether oxygens (including phenoxy) is 1. The van der Waals surface area contributed by atoms with Crippen molar-refractivity contribution in [3.63, 3.8) is 0 Å². The molecule has 13 heteroatoms. The first-order valence-electron chi connectivity index (χ1n) is 11.6. The van der Waals surface area contributed by atoms with Gasteiger partial charge in [0.05, 0.1) is 33.6 Å². The van der Waals surface area contributed by atoms with Crippen LogP contribution in [0.5, 0.6) is 5.75 Å². The molecule has 208 valence electrons. The summed E-state index contributed by atoms with van der Waals surface area (Å²) in [6.07, 6.45) is -5.62. The van der Waals surface area contributed by atoms with Crippen LogP contribution < -0.4 is 9.04 Å². The van der Waals surface area contributed by atoms with Gasteiger partial charge in [-0.25, -0.2) is 17.2 Å². The summed E-state index contributed by atoms with van der Waals surface area (Å²) in [6, 6.07) is 8.66. The molecule has 1 N–H and O–H groups in total. The lowest BCUT2D eigenvalue weighted by molar-refractivity contribution is -0.142. The van der Waals surface area contributed by atoms with E-state index in [1.807, 2.05) is 0 Å². The Morgan fingerprint density at radius 1 is 1.15 bits per heavy atom. The highest BCUT2D eigenvalue weighted by Crippen LogP contribution is 2.43. The summed E-state index contributed by atoms with van der Waals surface area (Å²) in [6.45, 7) is 1.21. The molecule has 2 unspecified atom stereocenters. The number of aliphatic carboxylic acids is 1. The number of hydrogen-bond acceptors (Lipinski definition) is 4. The SMILES string of the molecule is CCC(CC1CN(S(=O)(=O)c2cccc(C(F)(F)F)c2)c2cc(-c3cc(F)cc(F)c3Cl)ccc2O1)C(=O)O. The average molecular weight is 590 g/mol. The highest BCUT2D eigenvalue weighted by atomic mass is 35.5. The van der Waals surface area contributed by atoms with Gasteiger partial charge in [-0.1, -0.05) is 30.7 Å². The van der Waals surface area contributed by atoms with Gasteiger partial charge < -0.3 is 9.84 Å². The van der Waals surface area contributed by atoms with Crippen LogP contribution in [0, 0.1) is 17.6 Å². The van der Waals surface area contributed by atoms with Gasteiger partial charge in [-0.05, 0) is 54.8 Å². The third-order valence-corrected chi connectivity index (χ3v) is 8.49. The zero-order chi connectivity index (χ0) is 28.7. The molecule has 1 heterocycles. The number of anilines is 1. The zero-order valence-corrected chi connectivity index (χ0v) is 21.7. The number of fused-ring (bicyclic) bond motifs is 1. The minimum atomic E-state index is -4.81. The number of alkyl halides is 3. The molecule has 0 saturated heterocycles. The summed E-state index contributed by atoms with van der Waals surface area (Å²) >= 11 is 6.02. The molecule has 0 fully saturated rings. The minimum Gasteiger partial charge on any atom is -0.486 e. The summed E-state index contributed by atoms with van der Waals surface area (Å²) < 4.78 is 102. The average Bonchev–Trinajstić information content (AvgIpc) is 2.88. The highest BCUT2D eigenvalue weighted by Gasteiger charge is 2.38. The number of sulfonamides is 1. The van der Waals surface area contributed by atoms with E-state index in [2.05, 4.69) is 0 Å². The molecule has 0 amide bonds. The number of nitrogens with zero attached hydrogens (tertiary/aromatic N) is 1. The Balaban J connectivity index is 1.86. The lowest BCUT2D eigenvalue weighted by Crippen LogP contribution is -2.44. The van der Waals surface area contributed by atoms with Crippen LogP contribution >= 0.6 is 11.6 Å². The summed E-state index contributed by atoms with van der Waals surface area (Å²) in [5.41, 5.74) is -1.28. The maximum absolute atomic E-state index is 14.1. The minimum absolute atomic E-state index is 0.0150. The van der Waals surface area contributed by atoms with Gasteiger partial charge in [-0.3, -0.25) is 9.10 Å². The Bertz CT molecular complexity index is 1530. The van der Waals surface area contributed by atoms with Crippen LogP contribution in [0.3, 0.4) is 0 Å². The number of carboxylic acids is 1. The van der Waals surface area contributed by atoms with Gasteiger partial charge in [0, 0.05) is 11.6 Å². The molecular formula is C26H21ClF5NO5S. The molecule has 3 aromatic rings. The Morgan fingerprint density at radius 2 is 1.87 bits per heavy atom. The normalized spacial score (nSPS) is 16.4. The van der Waals surface area contributed by atoms with Gasteiger partial charge >= 0.3 is 12.1 Å². The Labute approximate surface area is 225 Å². The maximum Gasteiger partial charge on any atom is 0.416 e. The molecule has 39 heavy (non-hydrogen) atoms. The smallest absolute Gasteiger partial charge is 0.416 e. The van der Waals surface area contributed by atoms with Crippen molar-refractivity contribution < 1.29 is 45.0 Å². The van der Waals surface area contributed by atoms with E-state index in [9.17, 15) is 40.3 Å². The van der Waals surface area contributed by atoms with Crippen molar-refractivity contribution in [2.24, 2.45) is 5.92 Å². The number of hydrogen-bond donors (Lipinski definition) is 1. The Hall–Kier alpha value is -3.38. The van der Waals surface area contributed by atoms with Crippen molar-refractivity contribution in [1.29, 1.82) is 0 Å². The lowest BCUT2D eigenvalue weighted by Gasteiger charge is -2.36. The van der Waals surface area contributed by atoms with E-state index in [1.165, 1.54) is 18.2 Å². The molecule has 0 aromatic heterocycles. The summed E-state index contributed by atoms with van der Waals surface area (Å²) in [5, 5.41) is 9.05. The van der Waals surface area contributed by atoms with E-state index in [0.29, 0.717) is 12.1 Å². The topological polar surface area (TPSA) is 83.9 Å². The molecule has 1 aliphatic heterocycles. The molecule has 1 aliphatic rings. The molecule has 4 rings (SSSR count). The van der Waals surface area contributed by atoms with Crippen LogP contribution in [0.1, 0.15) is 25.3 Å². The molecule has 0 spiro atoms. The van der Waals surface area contributed by atoms with Crippen LogP contribution in [0.25, 0.3) is 11.1 Å². The predicted octanol–water partition coefficient (Wildman–Crippen LogP) is 6.76. The van der Waals surface area contributed by atoms with Crippen LogP contribution in [-0.2, 0) is 21.0 Å². The molecule has 3 aromatic carbocycles. The quantitative estimate of drug-likeness (QED) is 0.243. The molecule has 0 aliphatic carbocycles. The fourth-order valence-corrected chi connectivity index (χ4v) is 6.08. The second-order valence-corrected chi connectivity index (χ2v) is 11.2. The second-order valence-electron chi connectivity index (χ2n) is 8.91. The molecule has 0 bridgehead atoms. The first-order valence-corrected chi connectivity index (χ1v) is 13.4. The van der Waals surface area contributed by atoms with Crippen molar-refractivity contribution in [2.45, 2.75) is 36.9 Å². The zero-order valence-electron chi connectivity index (χ0n) is 20.2. The van der Waals surface area contributed by atoms with Crippen LogP contribution in [-0.4, -0.2) is 32.1 Å². The number of carboxylic acid groups (broad SMARTS) is 1. The molecule has 0 radical (unpaired) electrons. The van der Waals surface area contributed by atoms with Crippen LogP contribution in [0.2, 0.25) is 5.02 Å². The van der Waals surface area contributed by atoms with Crippen molar-refractivity contribution >= 4 is 33.3 Å². The first kappa shape index (κ1) is 28.6. The van der Waals surface area contributed by atoms with E-state index < -0.39 is 67.9 Å². The number of rotatable bonds is 7. The van der Waals surface area contributed by atoms with Crippen LogP contribution in [0.4, 0.5) is 27.6 Å². The van der Waals surface area contributed by atoms with Gasteiger partial charge in [-0.15, -0.1) is 0 Å². The fourth-order valence-electron chi connectivity index (χ4n) is 4.32. The molecular weight excluding hydrogens is 569 g/mol. The van der Waals surface area contributed by atoms with Crippen LogP contribution in [0.15, 0.2) is 59.5 Å². The maximum atomic E-state index is 14.1. The predicted molar refractivity (Wildman–Crippen MR) is 133 cm³/mol. The summed E-state index contributed by atoms with van der Waals surface area (Å²) in [4.78, 5) is 10.9. The van der Waals surface area contributed by atoms with Crippen molar-refractivity contribution in [3.8, 4) is 16.9 Å². The highest BCUT2D eigenvalue weighted by molar-refractivity contribution is 7.92. The van der Waals surface area contributed by atoms with E-state index in [0.717, 1.165) is 28.6 Å². The lowest BCUT2D eigenvalue weighted by atomic mass is 9.97. The van der Waals surface area contributed by atoms with Gasteiger partial charge in [0.15, 0.2) is 0 Å². The fraction of sp³-hybridized carbons (Fsp3) is 0.269. The summed E-state index contributed by atoms with van der Waals surface area (Å²) in [5.74, 6) is -3.99. The van der Waals surface area contributed by atoms with E-state index in [4.69, 9.17) is 16.3 Å².